The van der Waals surface area contributed by atoms with E-state index in [2.05, 4.69) is 16.8 Å². The van der Waals surface area contributed by atoms with E-state index in [-0.39, 0.29) is 10.8 Å². The summed E-state index contributed by atoms with van der Waals surface area (Å²) in [4.78, 5) is 16.8. The zero-order valence-electron chi connectivity index (χ0n) is 8.98. The van der Waals surface area contributed by atoms with Crippen molar-refractivity contribution in [3.8, 4) is 0 Å². The molecule has 0 amide bonds. The average Bonchev–Trinajstić information content (AvgIpc) is 2.63. The molecule has 0 radical (unpaired) electrons. The maximum absolute atomic E-state index is 10.9. The molecule has 4 nitrogen and oxygen atoms in total. The Kier molecular flexibility index (Phi) is 3.01. The summed E-state index contributed by atoms with van der Waals surface area (Å²) in [6, 6.07) is 3.73. The van der Waals surface area contributed by atoms with E-state index in [1.807, 2.05) is 0 Å². The van der Waals surface area contributed by atoms with Crippen molar-refractivity contribution in [3.63, 3.8) is 0 Å². The van der Waals surface area contributed by atoms with E-state index >= 15 is 0 Å². The fraction of sp³-hybridized carbons (Fsp3) is 0.455. The maximum atomic E-state index is 10.9. The second kappa shape index (κ2) is 4.29. The van der Waals surface area contributed by atoms with Gasteiger partial charge in [0.25, 0.3) is 0 Å². The third-order valence-corrected chi connectivity index (χ3v) is 3.08. The molecule has 0 bridgehead atoms. The van der Waals surface area contributed by atoms with Crippen molar-refractivity contribution in [2.45, 2.75) is 25.8 Å². The predicted octanol–water partition coefficient (Wildman–Crippen LogP) is 2.42. The number of halogens is 1. The lowest BCUT2D eigenvalue weighted by molar-refractivity contribution is 0.0690. The van der Waals surface area contributed by atoms with Gasteiger partial charge in [-0.3, -0.25) is 0 Å². The number of aromatic nitrogens is 1. The van der Waals surface area contributed by atoms with Gasteiger partial charge in [0.2, 0.25) is 0 Å². The summed E-state index contributed by atoms with van der Waals surface area (Å²) in [7, 11) is 0. The first-order valence-corrected chi connectivity index (χ1v) is 5.63. The number of anilines is 1. The highest BCUT2D eigenvalue weighted by Crippen LogP contribution is 2.27. The number of hydrogen-bond acceptors (Lipinski definition) is 3. The number of nitrogens with zero attached hydrogens (tertiary/aromatic N) is 2. The third kappa shape index (κ3) is 2.11. The lowest BCUT2D eigenvalue weighted by Crippen LogP contribution is -2.26. The van der Waals surface area contributed by atoms with Crippen molar-refractivity contribution in [3.05, 3.63) is 23.0 Å². The smallest absolute Gasteiger partial charge is 0.354 e. The fourth-order valence-electron chi connectivity index (χ4n) is 2.08. The highest BCUT2D eigenvalue weighted by atomic mass is 35.5. The highest BCUT2D eigenvalue weighted by Gasteiger charge is 2.22. The van der Waals surface area contributed by atoms with Crippen LogP contribution in [-0.2, 0) is 0 Å². The van der Waals surface area contributed by atoms with Gasteiger partial charge in [0.05, 0.1) is 0 Å². The van der Waals surface area contributed by atoms with E-state index in [4.69, 9.17) is 16.7 Å². The van der Waals surface area contributed by atoms with E-state index in [0.717, 1.165) is 25.1 Å². The van der Waals surface area contributed by atoms with Crippen LogP contribution in [0.15, 0.2) is 12.1 Å². The molecule has 86 valence electrons. The molecule has 1 fully saturated rings. The van der Waals surface area contributed by atoms with Crippen LogP contribution in [-0.4, -0.2) is 28.6 Å². The van der Waals surface area contributed by atoms with Crippen LogP contribution >= 0.6 is 11.6 Å². The van der Waals surface area contributed by atoms with Crippen molar-refractivity contribution in [2.24, 2.45) is 0 Å². The molecule has 1 aromatic rings. The fourth-order valence-corrected chi connectivity index (χ4v) is 2.28. The summed E-state index contributed by atoms with van der Waals surface area (Å²) >= 11 is 5.82. The second-order valence-corrected chi connectivity index (χ2v) is 4.41. The molecule has 0 saturated carbocycles. The predicted molar refractivity (Wildman–Crippen MR) is 62.2 cm³/mol. The molecule has 0 aliphatic carbocycles. The molecule has 16 heavy (non-hydrogen) atoms. The van der Waals surface area contributed by atoms with Gasteiger partial charge in [0.1, 0.15) is 5.15 Å². The standard InChI is InChI=1S/C11H13ClN2O2/c1-7-3-2-4-14(7)8-5-9(11(15)16)13-10(12)6-8/h5-7H,2-4H2,1H3,(H,15,16). The van der Waals surface area contributed by atoms with Crippen molar-refractivity contribution in [2.75, 3.05) is 11.4 Å². The van der Waals surface area contributed by atoms with Gasteiger partial charge in [0, 0.05) is 18.3 Å². The Balaban J connectivity index is 2.37. The van der Waals surface area contributed by atoms with Gasteiger partial charge in [-0.15, -0.1) is 0 Å². The van der Waals surface area contributed by atoms with E-state index in [0.29, 0.717) is 6.04 Å². The molecule has 1 saturated heterocycles. The molecular formula is C11H13ClN2O2. The van der Waals surface area contributed by atoms with Crippen LogP contribution in [0.3, 0.4) is 0 Å². The first kappa shape index (κ1) is 11.2. The van der Waals surface area contributed by atoms with Gasteiger partial charge in [-0.25, -0.2) is 9.78 Å². The van der Waals surface area contributed by atoms with Crippen molar-refractivity contribution in [1.82, 2.24) is 4.98 Å². The Morgan fingerprint density at radius 2 is 2.38 bits per heavy atom. The Bertz CT molecular complexity index is 422. The van der Waals surface area contributed by atoms with Crippen LogP contribution in [0, 0.1) is 0 Å². The summed E-state index contributed by atoms with van der Waals surface area (Å²) < 4.78 is 0. The van der Waals surface area contributed by atoms with Crippen LogP contribution in [0.1, 0.15) is 30.3 Å². The van der Waals surface area contributed by atoms with Gasteiger partial charge in [0.15, 0.2) is 5.69 Å². The molecule has 0 spiro atoms. The molecule has 1 N–H and O–H groups in total. The SMILES string of the molecule is CC1CCCN1c1cc(Cl)nc(C(=O)O)c1. The summed E-state index contributed by atoms with van der Waals surface area (Å²) in [5.41, 5.74) is 0.851. The molecule has 2 rings (SSSR count). The highest BCUT2D eigenvalue weighted by molar-refractivity contribution is 6.29. The van der Waals surface area contributed by atoms with Crippen LogP contribution in [0.5, 0.6) is 0 Å². The normalized spacial score (nSPS) is 20.1. The van der Waals surface area contributed by atoms with E-state index < -0.39 is 5.97 Å². The topological polar surface area (TPSA) is 53.4 Å². The monoisotopic (exact) mass is 240 g/mol. The van der Waals surface area contributed by atoms with Crippen molar-refractivity contribution in [1.29, 1.82) is 0 Å². The lowest BCUT2D eigenvalue weighted by Gasteiger charge is -2.23. The minimum Gasteiger partial charge on any atom is -0.477 e. The van der Waals surface area contributed by atoms with Crippen LogP contribution in [0.25, 0.3) is 0 Å². The molecular weight excluding hydrogens is 228 g/mol. The number of hydrogen-bond donors (Lipinski definition) is 1. The minimum atomic E-state index is -1.05. The Morgan fingerprint density at radius 1 is 1.62 bits per heavy atom. The van der Waals surface area contributed by atoms with Gasteiger partial charge in [-0.05, 0) is 31.9 Å². The molecule has 1 unspecified atom stereocenters. The molecule has 0 aromatic carbocycles. The Morgan fingerprint density at radius 3 is 2.94 bits per heavy atom. The summed E-state index contributed by atoms with van der Waals surface area (Å²) in [5, 5.41) is 9.13. The van der Waals surface area contributed by atoms with Crippen LogP contribution < -0.4 is 4.90 Å². The molecule has 1 aromatic heterocycles. The Labute approximate surface area is 98.9 Å². The maximum Gasteiger partial charge on any atom is 0.354 e. The zero-order valence-corrected chi connectivity index (χ0v) is 9.74. The summed E-state index contributed by atoms with van der Waals surface area (Å²) in [6.45, 7) is 3.07. The largest absolute Gasteiger partial charge is 0.477 e. The van der Waals surface area contributed by atoms with Crippen molar-refractivity contribution >= 4 is 23.3 Å². The average molecular weight is 241 g/mol. The minimum absolute atomic E-state index is 0.00148. The molecule has 1 aliphatic rings. The van der Waals surface area contributed by atoms with E-state index in [1.165, 1.54) is 0 Å². The van der Waals surface area contributed by atoms with Crippen LogP contribution in [0.2, 0.25) is 5.15 Å². The number of carboxylic acid groups (broad SMARTS) is 1. The third-order valence-electron chi connectivity index (χ3n) is 2.88. The van der Waals surface area contributed by atoms with Gasteiger partial charge < -0.3 is 10.0 Å². The quantitative estimate of drug-likeness (QED) is 0.807. The number of aromatic carboxylic acids is 1. The van der Waals surface area contributed by atoms with Gasteiger partial charge in [-0.2, -0.15) is 0 Å². The lowest BCUT2D eigenvalue weighted by atomic mass is 10.2. The van der Waals surface area contributed by atoms with Crippen LogP contribution in [0.4, 0.5) is 5.69 Å². The number of carbonyl (C=O) groups is 1. The summed E-state index contributed by atoms with van der Waals surface area (Å²) in [5.74, 6) is -1.05. The molecule has 1 aliphatic heterocycles. The number of pyridine rings is 1. The second-order valence-electron chi connectivity index (χ2n) is 4.02. The summed E-state index contributed by atoms with van der Waals surface area (Å²) in [6.07, 6.45) is 2.26. The number of carboxylic acids is 1. The molecule has 1 atom stereocenters. The first-order valence-electron chi connectivity index (χ1n) is 5.25. The van der Waals surface area contributed by atoms with Gasteiger partial charge >= 0.3 is 5.97 Å². The van der Waals surface area contributed by atoms with E-state index in [1.54, 1.807) is 12.1 Å². The number of rotatable bonds is 2. The van der Waals surface area contributed by atoms with Crippen molar-refractivity contribution < 1.29 is 9.90 Å². The molecule has 5 heteroatoms. The first-order chi connectivity index (χ1) is 7.58. The Hall–Kier alpha value is -1.29. The molecule has 2 heterocycles. The zero-order chi connectivity index (χ0) is 11.7. The van der Waals surface area contributed by atoms with Gasteiger partial charge in [-0.1, -0.05) is 11.6 Å². The van der Waals surface area contributed by atoms with E-state index in [9.17, 15) is 4.79 Å².